The lowest BCUT2D eigenvalue weighted by atomic mass is 9.47. The van der Waals surface area contributed by atoms with Crippen LogP contribution in [0.25, 0.3) is 17.2 Å². The zero-order valence-corrected chi connectivity index (χ0v) is 52.2. The van der Waals surface area contributed by atoms with Crippen LogP contribution in [0.5, 0.6) is 34.5 Å². The number of benzene rings is 4. The summed E-state index contributed by atoms with van der Waals surface area (Å²) in [5.74, 6) is 0.560. The molecule has 0 bridgehead atoms. The van der Waals surface area contributed by atoms with Gasteiger partial charge in [0.25, 0.3) is 11.8 Å². The van der Waals surface area contributed by atoms with Crippen molar-refractivity contribution in [2.45, 2.75) is 183 Å². The third-order valence-electron chi connectivity index (χ3n) is 22.3. The molecule has 5 aliphatic carbocycles. The SMILES string of the molecule is CCCCCCNCCOc1cc(OC23CCCCC2CCC(C)N3)c2c3c1CCc1c-3c(cc3c1C(O)C(c1cc(OC)c(O)c(OCC(CO)C45CCCC(C6(N7C(=O)C=C(CNC)C7=O)CCCCC6)C4C=Cc4ccccc45)c1)CO3)NC2O. The molecule has 4 aromatic rings. The number of aliphatic hydroxyl groups is 3. The average molecular weight is 1200 g/mol. The van der Waals surface area contributed by atoms with Gasteiger partial charge in [-0.2, -0.15) is 0 Å². The van der Waals surface area contributed by atoms with Crippen molar-refractivity contribution in [1.82, 2.24) is 20.9 Å². The Kier molecular flexibility index (Phi) is 17.4. The van der Waals surface area contributed by atoms with Crippen LogP contribution in [0.15, 0.2) is 66.3 Å². The lowest BCUT2D eigenvalue weighted by Crippen LogP contribution is -2.64. The first kappa shape index (κ1) is 60.8. The molecule has 4 aromatic carbocycles. The second kappa shape index (κ2) is 25.3. The van der Waals surface area contributed by atoms with Crippen LogP contribution in [0.1, 0.15) is 187 Å². The summed E-state index contributed by atoms with van der Waals surface area (Å²) in [4.78, 5) is 30.3. The first-order valence-electron chi connectivity index (χ1n) is 33.5. The minimum atomic E-state index is -1.09. The van der Waals surface area contributed by atoms with E-state index < -0.39 is 40.8 Å². The molecular weight excluding hydrogens is 1110 g/mol. The highest BCUT2D eigenvalue weighted by Crippen LogP contribution is 2.62. The largest absolute Gasteiger partial charge is 0.502 e. The molecule has 88 heavy (non-hydrogen) atoms. The smallest absolute Gasteiger partial charge is 0.258 e. The van der Waals surface area contributed by atoms with Gasteiger partial charge in [-0.05, 0) is 137 Å². The number of phenolic OH excluding ortho intramolecular Hbond substituents is 1. The Hall–Kier alpha value is -6.14. The Morgan fingerprint density at radius 1 is 0.841 bits per heavy atom. The maximum atomic E-state index is 14.4. The van der Waals surface area contributed by atoms with E-state index in [4.69, 9.17) is 23.7 Å². The van der Waals surface area contributed by atoms with Gasteiger partial charge in [0.05, 0.1) is 44.1 Å². The molecule has 0 radical (unpaired) electrons. The number of rotatable bonds is 22. The number of amides is 2. The van der Waals surface area contributed by atoms with Gasteiger partial charge in [0.15, 0.2) is 23.5 Å². The molecule has 4 fully saturated rings. The predicted molar refractivity (Wildman–Crippen MR) is 339 cm³/mol. The van der Waals surface area contributed by atoms with Crippen LogP contribution in [0.4, 0.5) is 5.69 Å². The number of hydrogen-bond acceptors (Lipinski definition) is 15. The molecule has 0 aromatic heterocycles. The minimum absolute atomic E-state index is 0.0256. The van der Waals surface area contributed by atoms with E-state index in [1.54, 1.807) is 24.1 Å². The van der Waals surface area contributed by atoms with Gasteiger partial charge >= 0.3 is 0 Å². The van der Waals surface area contributed by atoms with Gasteiger partial charge < -0.3 is 60.1 Å². The number of aliphatic hydroxyl groups excluding tert-OH is 3. The molecule has 13 rings (SSSR count). The van der Waals surface area contributed by atoms with Crippen molar-refractivity contribution in [2.24, 2.45) is 23.7 Å². The van der Waals surface area contributed by atoms with Crippen molar-refractivity contribution in [3.63, 3.8) is 0 Å². The zero-order chi connectivity index (χ0) is 60.9. The summed E-state index contributed by atoms with van der Waals surface area (Å²) in [6.45, 7) is 6.79. The Morgan fingerprint density at radius 3 is 2.48 bits per heavy atom. The molecular formula is C72H93N5O11. The van der Waals surface area contributed by atoms with Crippen LogP contribution >= 0.6 is 0 Å². The average Bonchev–Trinajstić information content (AvgIpc) is 0.845. The standard InChI is InChI=1S/C72H93N5O11/c1-5-6-7-15-31-74-32-33-85-56-38-58(88-72-30-14-11-18-47(72)23-21-43(2)76-72)65-64-49(56)24-25-50-62(64)55(75-68(65)82)37-57-63(50)66(80)51(42-87-57)45-34-59(84-4)67(81)60(35-45)86-41-48(40-78)71-29-16-20-53(54(71)26-22-44-17-9-10-19-52(44)71)70(27-12-8-13-28-70)77-61(79)36-46(39-73-3)69(77)83/h9-10,17,19,22,26,34-38,43,47-48,51,53-54,66,68,73-76,78,80-82H,5-8,11-16,18,20-21,23-25,27-33,39-42H2,1-4H3. The zero-order valence-electron chi connectivity index (χ0n) is 52.2. The quantitative estimate of drug-likeness (QED) is 0.0272. The molecule has 10 atom stereocenters. The minimum Gasteiger partial charge on any atom is -0.502 e. The van der Waals surface area contributed by atoms with Gasteiger partial charge in [0.2, 0.25) is 5.75 Å². The first-order valence-corrected chi connectivity index (χ1v) is 33.5. The van der Waals surface area contributed by atoms with E-state index in [1.165, 1.54) is 32.4 Å². The van der Waals surface area contributed by atoms with Crippen LogP contribution in [-0.2, 0) is 27.8 Å². The summed E-state index contributed by atoms with van der Waals surface area (Å²) in [5.41, 5.74) is 7.17. The van der Waals surface area contributed by atoms with E-state index in [0.29, 0.717) is 72.2 Å². The Morgan fingerprint density at radius 2 is 1.66 bits per heavy atom. The summed E-state index contributed by atoms with van der Waals surface area (Å²) in [6.07, 6.45) is 22.8. The van der Waals surface area contributed by atoms with E-state index in [2.05, 4.69) is 65.5 Å². The van der Waals surface area contributed by atoms with E-state index >= 15 is 0 Å². The monoisotopic (exact) mass is 1200 g/mol. The number of carbonyl (C=O) groups is 2. The van der Waals surface area contributed by atoms with Crippen LogP contribution in [0.3, 0.4) is 0 Å². The van der Waals surface area contributed by atoms with Crippen molar-refractivity contribution >= 4 is 23.6 Å². The molecule has 16 nitrogen and oxygen atoms in total. The van der Waals surface area contributed by atoms with Gasteiger partial charge in [0.1, 0.15) is 23.9 Å². The van der Waals surface area contributed by atoms with Crippen LogP contribution in [-0.4, -0.2) is 115 Å². The van der Waals surface area contributed by atoms with Gasteiger partial charge in [-0.1, -0.05) is 94.7 Å². The van der Waals surface area contributed by atoms with Gasteiger partial charge in [-0.15, -0.1) is 0 Å². The van der Waals surface area contributed by atoms with Crippen LogP contribution in [0.2, 0.25) is 0 Å². The molecule has 3 saturated carbocycles. The Labute approximate surface area is 519 Å². The third kappa shape index (κ3) is 10.5. The number of allylic oxidation sites excluding steroid dienone is 1. The number of fused-ring (bicyclic) bond motifs is 6. The number of anilines is 1. The van der Waals surface area contributed by atoms with Gasteiger partial charge in [-0.3, -0.25) is 19.8 Å². The number of methoxy groups -OCH3 is 1. The lowest BCUT2D eigenvalue weighted by molar-refractivity contribution is -0.153. The fraction of sp³-hybridized carbons (Fsp3) is 0.583. The number of carbonyl (C=O) groups excluding carboxylic acids is 2. The fourth-order valence-corrected chi connectivity index (χ4v) is 18.2. The third-order valence-corrected chi connectivity index (χ3v) is 22.3. The topological polar surface area (TPSA) is 213 Å². The molecule has 4 aliphatic heterocycles. The predicted octanol–water partition coefficient (Wildman–Crippen LogP) is 11.0. The van der Waals surface area contributed by atoms with E-state index in [0.717, 1.165) is 148 Å². The summed E-state index contributed by atoms with van der Waals surface area (Å²) >= 11 is 0. The van der Waals surface area contributed by atoms with Crippen LogP contribution in [0, 0.1) is 23.7 Å². The maximum absolute atomic E-state index is 14.4. The lowest BCUT2D eigenvalue weighted by Gasteiger charge is -2.60. The summed E-state index contributed by atoms with van der Waals surface area (Å²) in [5, 5.41) is 63.4. The molecule has 10 unspecified atom stereocenters. The molecule has 2 amide bonds. The normalized spacial score (nSPS) is 28.4. The molecule has 9 aliphatic rings. The first-order chi connectivity index (χ1) is 42.9. The number of nitrogens with one attached hydrogen (secondary N) is 4. The highest BCUT2D eigenvalue weighted by Gasteiger charge is 2.61. The molecule has 1 saturated heterocycles. The second-order valence-electron chi connectivity index (χ2n) is 27.1. The van der Waals surface area contributed by atoms with Gasteiger partial charge in [-0.25, -0.2) is 0 Å². The molecule has 472 valence electrons. The molecule has 0 spiro atoms. The fourth-order valence-electron chi connectivity index (χ4n) is 18.2. The number of nitrogens with zero attached hydrogens (tertiary/aromatic N) is 1. The highest BCUT2D eigenvalue weighted by molar-refractivity contribution is 6.17. The van der Waals surface area contributed by atoms with E-state index in [-0.39, 0.29) is 66.8 Å². The van der Waals surface area contributed by atoms with Gasteiger partial charge in [0, 0.05) is 100 Å². The van der Waals surface area contributed by atoms with Crippen molar-refractivity contribution in [1.29, 1.82) is 0 Å². The summed E-state index contributed by atoms with van der Waals surface area (Å²) in [7, 11) is 3.29. The number of imide groups is 1. The van der Waals surface area contributed by atoms with Crippen molar-refractivity contribution < 1.29 is 53.7 Å². The molecule has 8 N–H and O–H groups in total. The van der Waals surface area contributed by atoms with Crippen molar-refractivity contribution in [2.75, 3.05) is 65.5 Å². The Bertz CT molecular complexity index is 3340. The number of ether oxygens (including phenoxy) is 5. The number of unbranched alkanes of at least 4 members (excludes halogenated alkanes) is 3. The van der Waals surface area contributed by atoms with E-state index in [9.17, 15) is 30.0 Å². The summed E-state index contributed by atoms with van der Waals surface area (Å²) in [6, 6.07) is 16.1. The number of hydrogen-bond donors (Lipinski definition) is 8. The van der Waals surface area contributed by atoms with E-state index in [1.807, 2.05) is 18.2 Å². The highest BCUT2D eigenvalue weighted by atomic mass is 16.5. The number of phenols is 1. The summed E-state index contributed by atoms with van der Waals surface area (Å²) < 4.78 is 33.7. The molecule has 16 heteroatoms. The van der Waals surface area contributed by atoms with Crippen LogP contribution < -0.4 is 45.0 Å². The number of likely N-dealkylation sites (N-methyl/N-ethyl adjacent to an activating group) is 1. The number of aromatic hydroxyl groups is 1. The molecule has 4 heterocycles. The van der Waals surface area contributed by atoms with Crippen molar-refractivity contribution in [3.05, 3.63) is 105 Å². The van der Waals surface area contributed by atoms with Crippen molar-refractivity contribution in [3.8, 4) is 45.6 Å². The Balaban J connectivity index is 0.827. The number of piperidine rings is 1. The second-order valence-corrected chi connectivity index (χ2v) is 27.1. The maximum Gasteiger partial charge on any atom is 0.258 e.